The second kappa shape index (κ2) is 6.53. The smallest absolute Gasteiger partial charge is 0.0689 e. The number of ether oxygens (including phenoxy) is 1. The van der Waals surface area contributed by atoms with Gasteiger partial charge in [-0.25, -0.2) is 0 Å². The molecule has 0 amide bonds. The molecule has 1 aliphatic heterocycles. The van der Waals surface area contributed by atoms with Crippen LogP contribution in [0.15, 0.2) is 35.9 Å². The zero-order valence-electron chi connectivity index (χ0n) is 11.9. The topological polar surface area (TPSA) is 32.7 Å². The number of hydrogen-bond acceptors (Lipinski definition) is 3. The van der Waals surface area contributed by atoms with E-state index in [0.717, 1.165) is 45.6 Å². The highest BCUT2D eigenvalue weighted by Crippen LogP contribution is 2.35. The van der Waals surface area contributed by atoms with Crippen molar-refractivity contribution in [2.75, 3.05) is 32.9 Å². The first kappa shape index (κ1) is 13.8. The summed E-state index contributed by atoms with van der Waals surface area (Å²) in [4.78, 5) is 2.41. The predicted octanol–water partition coefficient (Wildman–Crippen LogP) is 2.31. The summed E-state index contributed by atoms with van der Waals surface area (Å²) < 4.78 is 5.54. The molecule has 0 saturated heterocycles. The standard InChI is InChI=1S/C17H23NO2/c19-10-9-18(12-14-4-3-11-20-13-14)17-8-7-15-5-1-2-6-16(15)17/h1-2,4-6,17,19H,3,7-13H2. The summed E-state index contributed by atoms with van der Waals surface area (Å²) in [5, 5.41) is 9.38. The maximum atomic E-state index is 9.38. The second-order valence-corrected chi connectivity index (χ2v) is 5.65. The minimum Gasteiger partial charge on any atom is -0.395 e. The van der Waals surface area contributed by atoms with Gasteiger partial charge in [-0.05, 0) is 36.0 Å². The van der Waals surface area contributed by atoms with Gasteiger partial charge in [0.25, 0.3) is 0 Å². The molecule has 3 heteroatoms. The van der Waals surface area contributed by atoms with Crippen LogP contribution in [0.5, 0.6) is 0 Å². The number of aryl methyl sites for hydroxylation is 1. The van der Waals surface area contributed by atoms with Crippen LogP contribution >= 0.6 is 0 Å². The molecule has 3 nitrogen and oxygen atoms in total. The number of hydrogen-bond donors (Lipinski definition) is 1. The zero-order valence-corrected chi connectivity index (χ0v) is 11.9. The molecule has 0 fully saturated rings. The first-order valence-electron chi connectivity index (χ1n) is 7.57. The molecule has 1 aromatic rings. The van der Waals surface area contributed by atoms with Crippen molar-refractivity contribution in [2.45, 2.75) is 25.3 Å². The Morgan fingerprint density at radius 1 is 1.30 bits per heavy atom. The first-order chi connectivity index (χ1) is 9.88. The van der Waals surface area contributed by atoms with E-state index < -0.39 is 0 Å². The average Bonchev–Trinajstić information content (AvgIpc) is 2.92. The third-order valence-electron chi connectivity index (χ3n) is 4.32. The van der Waals surface area contributed by atoms with Crippen molar-refractivity contribution in [1.29, 1.82) is 0 Å². The Balaban J connectivity index is 1.75. The molecule has 1 atom stereocenters. The summed E-state index contributed by atoms with van der Waals surface area (Å²) in [5.41, 5.74) is 4.27. The van der Waals surface area contributed by atoms with Crippen molar-refractivity contribution >= 4 is 0 Å². The number of nitrogens with zero attached hydrogens (tertiary/aromatic N) is 1. The number of aliphatic hydroxyl groups excluding tert-OH is 1. The quantitative estimate of drug-likeness (QED) is 0.836. The minimum absolute atomic E-state index is 0.215. The van der Waals surface area contributed by atoms with Crippen LogP contribution < -0.4 is 0 Å². The van der Waals surface area contributed by atoms with E-state index in [0.29, 0.717) is 6.04 Å². The SMILES string of the molecule is OCCN(CC1=CCCOC1)C1CCc2ccccc21. The molecule has 1 aliphatic carbocycles. The molecule has 1 aromatic carbocycles. The third kappa shape index (κ3) is 2.95. The fraction of sp³-hybridized carbons (Fsp3) is 0.529. The summed E-state index contributed by atoms with van der Waals surface area (Å²) in [5.74, 6) is 0. The van der Waals surface area contributed by atoms with Gasteiger partial charge in [-0.1, -0.05) is 30.3 Å². The molecule has 3 rings (SSSR count). The van der Waals surface area contributed by atoms with Gasteiger partial charge < -0.3 is 9.84 Å². The highest BCUT2D eigenvalue weighted by atomic mass is 16.5. The molecule has 2 aliphatic rings. The maximum absolute atomic E-state index is 9.38. The lowest BCUT2D eigenvalue weighted by molar-refractivity contribution is 0.125. The van der Waals surface area contributed by atoms with Gasteiger partial charge in [-0.15, -0.1) is 0 Å². The van der Waals surface area contributed by atoms with Crippen molar-refractivity contribution < 1.29 is 9.84 Å². The van der Waals surface area contributed by atoms with Gasteiger partial charge in [0, 0.05) is 19.1 Å². The Bertz CT molecular complexity index is 484. The van der Waals surface area contributed by atoms with Gasteiger partial charge in [-0.2, -0.15) is 0 Å². The van der Waals surface area contributed by atoms with Crippen LogP contribution in [0.25, 0.3) is 0 Å². The Morgan fingerprint density at radius 2 is 2.20 bits per heavy atom. The Morgan fingerprint density at radius 3 is 3.00 bits per heavy atom. The number of fused-ring (bicyclic) bond motifs is 1. The fourth-order valence-corrected chi connectivity index (χ4v) is 3.37. The van der Waals surface area contributed by atoms with Crippen LogP contribution in [-0.4, -0.2) is 42.9 Å². The van der Waals surface area contributed by atoms with Crippen molar-refractivity contribution in [3.8, 4) is 0 Å². The zero-order chi connectivity index (χ0) is 13.8. The lowest BCUT2D eigenvalue weighted by Gasteiger charge is -2.30. The third-order valence-corrected chi connectivity index (χ3v) is 4.32. The molecule has 0 bridgehead atoms. The summed E-state index contributed by atoms with van der Waals surface area (Å²) >= 11 is 0. The van der Waals surface area contributed by atoms with Gasteiger partial charge in [0.2, 0.25) is 0 Å². The molecule has 1 N–H and O–H groups in total. The van der Waals surface area contributed by atoms with Gasteiger partial charge in [0.15, 0.2) is 0 Å². The Labute approximate surface area is 120 Å². The summed E-state index contributed by atoms with van der Waals surface area (Å²) in [6, 6.07) is 9.16. The number of benzene rings is 1. The first-order valence-corrected chi connectivity index (χ1v) is 7.57. The highest BCUT2D eigenvalue weighted by molar-refractivity contribution is 5.34. The fourth-order valence-electron chi connectivity index (χ4n) is 3.37. The highest BCUT2D eigenvalue weighted by Gasteiger charge is 2.27. The van der Waals surface area contributed by atoms with Gasteiger partial charge in [-0.3, -0.25) is 4.90 Å². The van der Waals surface area contributed by atoms with Crippen molar-refractivity contribution in [3.05, 3.63) is 47.0 Å². The van der Waals surface area contributed by atoms with Crippen LogP contribution in [-0.2, 0) is 11.2 Å². The molecule has 0 aromatic heterocycles. The molecular formula is C17H23NO2. The summed E-state index contributed by atoms with van der Waals surface area (Å²) in [7, 11) is 0. The van der Waals surface area contributed by atoms with Crippen LogP contribution in [0.1, 0.15) is 30.0 Å². The summed E-state index contributed by atoms with van der Waals surface area (Å²) in [6.45, 7) is 3.45. The molecule has 108 valence electrons. The number of aliphatic hydroxyl groups is 1. The van der Waals surface area contributed by atoms with Crippen molar-refractivity contribution in [3.63, 3.8) is 0 Å². The van der Waals surface area contributed by atoms with Crippen LogP contribution in [0.2, 0.25) is 0 Å². The van der Waals surface area contributed by atoms with Gasteiger partial charge >= 0.3 is 0 Å². The van der Waals surface area contributed by atoms with E-state index in [1.165, 1.54) is 16.7 Å². The monoisotopic (exact) mass is 273 g/mol. The van der Waals surface area contributed by atoms with Crippen molar-refractivity contribution in [2.24, 2.45) is 0 Å². The molecule has 20 heavy (non-hydrogen) atoms. The summed E-state index contributed by atoms with van der Waals surface area (Å²) in [6.07, 6.45) is 5.63. The normalized spacial score (nSPS) is 21.9. The molecule has 0 radical (unpaired) electrons. The van der Waals surface area contributed by atoms with Gasteiger partial charge in [0.05, 0.1) is 19.8 Å². The lowest BCUT2D eigenvalue weighted by Crippen LogP contribution is -2.33. The van der Waals surface area contributed by atoms with E-state index in [1.54, 1.807) is 0 Å². The van der Waals surface area contributed by atoms with E-state index in [2.05, 4.69) is 35.2 Å². The number of rotatable bonds is 5. The Hall–Kier alpha value is -1.16. The van der Waals surface area contributed by atoms with Crippen LogP contribution in [0.3, 0.4) is 0 Å². The molecule has 0 spiro atoms. The molecular weight excluding hydrogens is 250 g/mol. The van der Waals surface area contributed by atoms with Crippen molar-refractivity contribution in [1.82, 2.24) is 4.90 Å². The predicted molar refractivity (Wildman–Crippen MR) is 79.7 cm³/mol. The largest absolute Gasteiger partial charge is 0.395 e. The second-order valence-electron chi connectivity index (χ2n) is 5.65. The van der Waals surface area contributed by atoms with E-state index in [1.807, 2.05) is 0 Å². The van der Waals surface area contributed by atoms with E-state index in [9.17, 15) is 5.11 Å². The van der Waals surface area contributed by atoms with Gasteiger partial charge in [0.1, 0.15) is 0 Å². The van der Waals surface area contributed by atoms with Crippen LogP contribution in [0, 0.1) is 0 Å². The lowest BCUT2D eigenvalue weighted by atomic mass is 10.1. The van der Waals surface area contributed by atoms with Crippen LogP contribution in [0.4, 0.5) is 0 Å². The van der Waals surface area contributed by atoms with E-state index in [4.69, 9.17) is 4.74 Å². The minimum atomic E-state index is 0.215. The molecule has 0 saturated carbocycles. The van der Waals surface area contributed by atoms with E-state index >= 15 is 0 Å². The van der Waals surface area contributed by atoms with E-state index in [-0.39, 0.29) is 6.61 Å². The average molecular weight is 273 g/mol. The Kier molecular flexibility index (Phi) is 4.51. The maximum Gasteiger partial charge on any atom is 0.0689 e. The molecule has 1 heterocycles. The molecule has 1 unspecified atom stereocenters.